The minimum absolute atomic E-state index is 0.0274. The van der Waals surface area contributed by atoms with E-state index in [9.17, 15) is 22.7 Å². The number of hydrogen-bond acceptors (Lipinski definition) is 5. The monoisotopic (exact) mass is 381 g/mol. The van der Waals surface area contributed by atoms with Crippen molar-refractivity contribution in [2.75, 3.05) is 31.1 Å². The molecule has 10 heteroatoms. The van der Waals surface area contributed by atoms with Crippen molar-refractivity contribution in [1.29, 1.82) is 0 Å². The number of halogens is 4. The SMILES string of the molecule is Oc1cc(-c2[nH]nc3nc(N4CCNCC4)ccc23)cc(C(F)(F)F)c1F. The molecule has 0 atom stereocenters. The largest absolute Gasteiger partial charge is 0.505 e. The number of phenolic OH excluding ortho intramolecular Hbond substituents is 1. The number of aromatic amines is 1. The lowest BCUT2D eigenvalue weighted by molar-refractivity contribution is -0.140. The molecule has 3 N–H and O–H groups in total. The number of aromatic hydroxyl groups is 1. The van der Waals surface area contributed by atoms with Crippen molar-refractivity contribution in [3.05, 3.63) is 35.6 Å². The van der Waals surface area contributed by atoms with E-state index in [4.69, 9.17) is 0 Å². The maximum atomic E-state index is 13.7. The van der Waals surface area contributed by atoms with E-state index in [-0.39, 0.29) is 11.3 Å². The minimum Gasteiger partial charge on any atom is -0.505 e. The third kappa shape index (κ3) is 3.16. The molecule has 142 valence electrons. The number of piperazine rings is 1. The summed E-state index contributed by atoms with van der Waals surface area (Å²) in [6, 6.07) is 5.04. The summed E-state index contributed by atoms with van der Waals surface area (Å²) in [7, 11) is 0. The average molecular weight is 381 g/mol. The molecule has 1 fully saturated rings. The Labute approximate surface area is 150 Å². The highest BCUT2D eigenvalue weighted by Gasteiger charge is 2.36. The number of aromatic nitrogens is 3. The summed E-state index contributed by atoms with van der Waals surface area (Å²) in [4.78, 5) is 6.53. The van der Waals surface area contributed by atoms with Crippen LogP contribution in [-0.4, -0.2) is 46.5 Å². The van der Waals surface area contributed by atoms with Gasteiger partial charge in [-0.05, 0) is 24.3 Å². The minimum atomic E-state index is -4.93. The van der Waals surface area contributed by atoms with Crippen LogP contribution in [-0.2, 0) is 6.18 Å². The number of alkyl halides is 3. The summed E-state index contributed by atoms with van der Waals surface area (Å²) in [6.45, 7) is 3.24. The second kappa shape index (κ2) is 6.38. The van der Waals surface area contributed by atoms with Gasteiger partial charge in [0.1, 0.15) is 5.82 Å². The molecule has 4 rings (SSSR count). The van der Waals surface area contributed by atoms with Crippen LogP contribution in [0.4, 0.5) is 23.4 Å². The third-order valence-corrected chi connectivity index (χ3v) is 4.49. The highest BCUT2D eigenvalue weighted by molar-refractivity contribution is 5.92. The molecule has 0 saturated carbocycles. The van der Waals surface area contributed by atoms with Crippen LogP contribution in [0.15, 0.2) is 24.3 Å². The van der Waals surface area contributed by atoms with Gasteiger partial charge in [0, 0.05) is 37.1 Å². The van der Waals surface area contributed by atoms with Gasteiger partial charge < -0.3 is 15.3 Å². The predicted molar refractivity (Wildman–Crippen MR) is 91.0 cm³/mol. The second-order valence-corrected chi connectivity index (χ2v) is 6.23. The van der Waals surface area contributed by atoms with Gasteiger partial charge in [-0.25, -0.2) is 9.37 Å². The van der Waals surface area contributed by atoms with Crippen LogP contribution in [0.5, 0.6) is 5.75 Å². The molecular weight excluding hydrogens is 366 g/mol. The number of phenols is 1. The van der Waals surface area contributed by atoms with Crippen molar-refractivity contribution < 1.29 is 22.7 Å². The Morgan fingerprint density at radius 1 is 1.11 bits per heavy atom. The first-order chi connectivity index (χ1) is 12.8. The number of benzene rings is 1. The molecule has 1 aliphatic heterocycles. The second-order valence-electron chi connectivity index (χ2n) is 6.23. The van der Waals surface area contributed by atoms with Crippen molar-refractivity contribution in [3.63, 3.8) is 0 Å². The van der Waals surface area contributed by atoms with Gasteiger partial charge in [0.15, 0.2) is 17.2 Å². The zero-order chi connectivity index (χ0) is 19.2. The number of H-pyrrole nitrogens is 1. The molecule has 0 bridgehead atoms. The first kappa shape index (κ1) is 17.5. The van der Waals surface area contributed by atoms with Gasteiger partial charge in [-0.3, -0.25) is 5.10 Å². The van der Waals surface area contributed by atoms with Crippen LogP contribution >= 0.6 is 0 Å². The standard InChI is InChI=1S/C17H15F4N5O/c18-14-11(17(19,20)21)7-9(8-12(14)27)15-10-1-2-13(23-16(10)25-24-15)26-5-3-22-4-6-26/h1-2,7-8,22,27H,3-6H2,(H,23,24,25). The van der Waals surface area contributed by atoms with Crippen molar-refractivity contribution in [2.24, 2.45) is 0 Å². The van der Waals surface area contributed by atoms with Crippen LogP contribution in [0.3, 0.4) is 0 Å². The van der Waals surface area contributed by atoms with Gasteiger partial charge in [0.05, 0.1) is 11.3 Å². The van der Waals surface area contributed by atoms with Gasteiger partial charge in [0.25, 0.3) is 0 Å². The smallest absolute Gasteiger partial charge is 0.419 e. The lowest BCUT2D eigenvalue weighted by atomic mass is 10.0. The Bertz CT molecular complexity index is 995. The van der Waals surface area contributed by atoms with Crippen LogP contribution < -0.4 is 10.2 Å². The number of pyridine rings is 1. The maximum absolute atomic E-state index is 13.7. The van der Waals surface area contributed by atoms with Gasteiger partial charge >= 0.3 is 6.18 Å². The van der Waals surface area contributed by atoms with Crippen LogP contribution in [0, 0.1) is 5.82 Å². The maximum Gasteiger partial charge on any atom is 0.419 e. The Morgan fingerprint density at radius 3 is 2.56 bits per heavy atom. The number of rotatable bonds is 2. The van der Waals surface area contributed by atoms with Crippen molar-refractivity contribution in [2.45, 2.75) is 6.18 Å². The molecule has 1 aromatic carbocycles. The lowest BCUT2D eigenvalue weighted by Crippen LogP contribution is -2.43. The van der Waals surface area contributed by atoms with E-state index in [1.165, 1.54) is 0 Å². The fourth-order valence-electron chi connectivity index (χ4n) is 3.14. The van der Waals surface area contributed by atoms with E-state index >= 15 is 0 Å². The van der Waals surface area contributed by atoms with E-state index in [0.29, 0.717) is 17.1 Å². The molecule has 3 aromatic rings. The number of fused-ring (bicyclic) bond motifs is 1. The molecule has 2 aromatic heterocycles. The highest BCUT2D eigenvalue weighted by Crippen LogP contribution is 2.39. The van der Waals surface area contributed by atoms with Crippen molar-refractivity contribution in [3.8, 4) is 17.0 Å². The zero-order valence-corrected chi connectivity index (χ0v) is 13.9. The number of hydrogen-bond donors (Lipinski definition) is 3. The molecule has 1 aliphatic rings. The van der Waals surface area contributed by atoms with E-state index in [1.54, 1.807) is 12.1 Å². The summed E-state index contributed by atoms with van der Waals surface area (Å²) in [5.74, 6) is -2.05. The van der Waals surface area contributed by atoms with E-state index < -0.39 is 23.3 Å². The Balaban J connectivity index is 1.77. The van der Waals surface area contributed by atoms with Gasteiger partial charge in [-0.15, -0.1) is 0 Å². The quantitative estimate of drug-likeness (QED) is 0.595. The number of nitrogens with zero attached hydrogens (tertiary/aromatic N) is 3. The summed E-state index contributed by atoms with van der Waals surface area (Å²) in [5, 5.41) is 20.0. The first-order valence-electron chi connectivity index (χ1n) is 8.25. The first-order valence-corrected chi connectivity index (χ1v) is 8.25. The topological polar surface area (TPSA) is 77.1 Å². The fraction of sp³-hybridized carbons (Fsp3) is 0.294. The summed E-state index contributed by atoms with van der Waals surface area (Å²) < 4.78 is 52.7. The Kier molecular flexibility index (Phi) is 4.14. The number of anilines is 1. The van der Waals surface area contributed by atoms with Crippen molar-refractivity contribution >= 4 is 16.9 Å². The van der Waals surface area contributed by atoms with Crippen LogP contribution in [0.25, 0.3) is 22.3 Å². The zero-order valence-electron chi connectivity index (χ0n) is 13.9. The molecule has 27 heavy (non-hydrogen) atoms. The summed E-state index contributed by atoms with van der Waals surface area (Å²) >= 11 is 0. The molecule has 0 aliphatic carbocycles. The molecule has 0 unspecified atom stereocenters. The summed E-state index contributed by atoms with van der Waals surface area (Å²) in [5.41, 5.74) is -1.00. The Hall–Kier alpha value is -2.88. The normalized spacial score (nSPS) is 15.5. The van der Waals surface area contributed by atoms with E-state index in [2.05, 4.69) is 25.4 Å². The average Bonchev–Trinajstić information content (AvgIpc) is 3.07. The van der Waals surface area contributed by atoms with E-state index in [1.807, 2.05) is 0 Å². The molecule has 6 nitrogen and oxygen atoms in total. The molecule has 0 radical (unpaired) electrons. The van der Waals surface area contributed by atoms with Gasteiger partial charge in [-0.2, -0.15) is 18.3 Å². The van der Waals surface area contributed by atoms with Crippen LogP contribution in [0.1, 0.15) is 5.56 Å². The third-order valence-electron chi connectivity index (χ3n) is 4.49. The Morgan fingerprint density at radius 2 is 1.85 bits per heavy atom. The molecular formula is C17H15F4N5O. The van der Waals surface area contributed by atoms with Crippen LogP contribution in [0.2, 0.25) is 0 Å². The lowest BCUT2D eigenvalue weighted by Gasteiger charge is -2.28. The summed E-state index contributed by atoms with van der Waals surface area (Å²) in [6.07, 6.45) is -4.93. The highest BCUT2D eigenvalue weighted by atomic mass is 19.4. The number of nitrogens with one attached hydrogen (secondary N) is 2. The van der Waals surface area contributed by atoms with Crippen molar-refractivity contribution in [1.82, 2.24) is 20.5 Å². The predicted octanol–water partition coefficient (Wildman–Crippen LogP) is 2.90. The molecule has 0 spiro atoms. The van der Waals surface area contributed by atoms with E-state index in [0.717, 1.165) is 38.1 Å². The fourth-order valence-corrected chi connectivity index (χ4v) is 3.14. The molecule has 0 amide bonds. The van der Waals surface area contributed by atoms with Gasteiger partial charge in [0.2, 0.25) is 0 Å². The molecule has 1 saturated heterocycles. The van der Waals surface area contributed by atoms with Gasteiger partial charge in [-0.1, -0.05) is 0 Å². The molecule has 3 heterocycles.